The van der Waals surface area contributed by atoms with Crippen LogP contribution >= 0.6 is 0 Å². The van der Waals surface area contributed by atoms with Crippen molar-refractivity contribution in [3.63, 3.8) is 0 Å². The van der Waals surface area contributed by atoms with Crippen molar-refractivity contribution in [1.82, 2.24) is 4.98 Å². The molecule has 0 aliphatic heterocycles. The number of anilines is 1. The Morgan fingerprint density at radius 1 is 1.38 bits per heavy atom. The van der Waals surface area contributed by atoms with Crippen LogP contribution in [0.3, 0.4) is 0 Å². The Balaban J connectivity index is 2.60. The molecule has 4 nitrogen and oxygen atoms in total. The highest BCUT2D eigenvalue weighted by Gasteiger charge is 2.21. The number of aliphatic hydroxyl groups is 1. The smallest absolute Gasteiger partial charge is 0.214 e. The van der Waals surface area contributed by atoms with Gasteiger partial charge in [-0.1, -0.05) is 19.9 Å². The fourth-order valence-electron chi connectivity index (χ4n) is 1.38. The summed E-state index contributed by atoms with van der Waals surface area (Å²) in [5.74, 6) is 1.29. The molecule has 0 radical (unpaired) electrons. The van der Waals surface area contributed by atoms with Crippen LogP contribution in [0.15, 0.2) is 18.2 Å². The van der Waals surface area contributed by atoms with Crippen LogP contribution in [0.25, 0.3) is 0 Å². The number of ether oxygens (including phenoxy) is 1. The van der Waals surface area contributed by atoms with Crippen LogP contribution in [0, 0.1) is 0 Å². The van der Waals surface area contributed by atoms with Gasteiger partial charge in [0.15, 0.2) is 0 Å². The lowest BCUT2D eigenvalue weighted by Gasteiger charge is -2.25. The molecule has 4 heteroatoms. The number of methoxy groups -OCH3 is 1. The molecule has 0 amide bonds. The average Bonchev–Trinajstić information content (AvgIpc) is 2.36. The van der Waals surface area contributed by atoms with Gasteiger partial charge in [0.1, 0.15) is 5.82 Å². The Bertz CT molecular complexity index is 325. The van der Waals surface area contributed by atoms with Crippen LogP contribution in [0.1, 0.15) is 26.7 Å². The lowest BCUT2D eigenvalue weighted by Crippen LogP contribution is -2.35. The molecule has 0 aromatic carbocycles. The van der Waals surface area contributed by atoms with Gasteiger partial charge in [-0.3, -0.25) is 0 Å². The summed E-state index contributed by atoms with van der Waals surface area (Å²) < 4.78 is 5.03. The Labute approximate surface area is 96.7 Å². The molecule has 0 saturated heterocycles. The topological polar surface area (TPSA) is 54.4 Å². The van der Waals surface area contributed by atoms with Crippen molar-refractivity contribution in [1.29, 1.82) is 0 Å². The van der Waals surface area contributed by atoms with Gasteiger partial charge in [0.05, 0.1) is 12.7 Å². The van der Waals surface area contributed by atoms with Crippen LogP contribution < -0.4 is 10.1 Å². The molecule has 0 atom stereocenters. The van der Waals surface area contributed by atoms with Crippen molar-refractivity contribution < 1.29 is 9.84 Å². The van der Waals surface area contributed by atoms with Gasteiger partial charge < -0.3 is 15.2 Å². The van der Waals surface area contributed by atoms with Gasteiger partial charge in [-0.05, 0) is 18.9 Å². The number of pyridine rings is 1. The average molecular weight is 224 g/mol. The third kappa shape index (κ3) is 3.38. The van der Waals surface area contributed by atoms with Gasteiger partial charge in [-0.15, -0.1) is 0 Å². The summed E-state index contributed by atoms with van der Waals surface area (Å²) in [7, 11) is 1.58. The fourth-order valence-corrected chi connectivity index (χ4v) is 1.38. The molecule has 1 aromatic heterocycles. The molecule has 0 bridgehead atoms. The maximum Gasteiger partial charge on any atom is 0.214 e. The number of nitrogens with zero attached hydrogens (tertiary/aromatic N) is 1. The van der Waals surface area contributed by atoms with Gasteiger partial charge in [-0.2, -0.15) is 4.98 Å². The summed E-state index contributed by atoms with van der Waals surface area (Å²) in [6, 6.07) is 5.51. The zero-order chi connectivity index (χ0) is 12.0. The van der Waals surface area contributed by atoms with Gasteiger partial charge in [0, 0.05) is 12.6 Å². The normalized spacial score (nSPS) is 11.2. The molecule has 0 aliphatic carbocycles. The van der Waals surface area contributed by atoms with Gasteiger partial charge in [0.2, 0.25) is 5.88 Å². The van der Waals surface area contributed by atoms with E-state index in [9.17, 15) is 5.11 Å². The highest BCUT2D eigenvalue weighted by atomic mass is 16.5. The Morgan fingerprint density at radius 2 is 2.06 bits per heavy atom. The quantitative estimate of drug-likeness (QED) is 0.776. The Kier molecular flexibility index (Phi) is 4.55. The van der Waals surface area contributed by atoms with E-state index < -0.39 is 5.60 Å². The summed E-state index contributed by atoms with van der Waals surface area (Å²) in [6.07, 6.45) is 1.45. The zero-order valence-corrected chi connectivity index (χ0v) is 10.2. The summed E-state index contributed by atoms with van der Waals surface area (Å²) >= 11 is 0. The summed E-state index contributed by atoms with van der Waals surface area (Å²) in [5, 5.41) is 13.2. The van der Waals surface area contributed by atoms with E-state index in [1.54, 1.807) is 13.2 Å². The number of aromatic nitrogens is 1. The number of nitrogens with one attached hydrogen (secondary N) is 1. The van der Waals surface area contributed by atoms with Crippen molar-refractivity contribution >= 4 is 5.82 Å². The van der Waals surface area contributed by atoms with Crippen LogP contribution in [-0.4, -0.2) is 29.3 Å². The van der Waals surface area contributed by atoms with Crippen LogP contribution in [0.4, 0.5) is 5.82 Å². The second kappa shape index (κ2) is 5.70. The van der Waals surface area contributed by atoms with Crippen molar-refractivity contribution in [2.75, 3.05) is 19.0 Å². The molecular weight excluding hydrogens is 204 g/mol. The molecule has 0 aliphatic rings. The maximum absolute atomic E-state index is 10.1. The lowest BCUT2D eigenvalue weighted by molar-refractivity contribution is 0.0456. The zero-order valence-electron chi connectivity index (χ0n) is 10.2. The molecule has 2 N–H and O–H groups in total. The third-order valence-corrected chi connectivity index (χ3v) is 2.85. The number of rotatable bonds is 6. The minimum Gasteiger partial charge on any atom is -0.481 e. The van der Waals surface area contributed by atoms with Crippen LogP contribution in [-0.2, 0) is 0 Å². The molecule has 0 saturated carbocycles. The van der Waals surface area contributed by atoms with Crippen LogP contribution in [0.2, 0.25) is 0 Å². The van der Waals surface area contributed by atoms with Crippen molar-refractivity contribution in [3.8, 4) is 5.88 Å². The Hall–Kier alpha value is -1.29. The minimum atomic E-state index is -0.662. The van der Waals surface area contributed by atoms with E-state index in [1.165, 1.54) is 0 Å². The lowest BCUT2D eigenvalue weighted by atomic mass is 9.98. The van der Waals surface area contributed by atoms with Gasteiger partial charge >= 0.3 is 0 Å². The first-order valence-electron chi connectivity index (χ1n) is 5.61. The van der Waals surface area contributed by atoms with Crippen molar-refractivity contribution in [3.05, 3.63) is 18.2 Å². The molecule has 16 heavy (non-hydrogen) atoms. The summed E-state index contributed by atoms with van der Waals surface area (Å²) in [5.41, 5.74) is -0.662. The van der Waals surface area contributed by atoms with E-state index in [1.807, 2.05) is 26.0 Å². The molecular formula is C12H20N2O2. The van der Waals surface area contributed by atoms with Gasteiger partial charge in [-0.25, -0.2) is 0 Å². The second-order valence-corrected chi connectivity index (χ2v) is 3.85. The monoisotopic (exact) mass is 224 g/mol. The van der Waals surface area contributed by atoms with Crippen molar-refractivity contribution in [2.45, 2.75) is 32.3 Å². The third-order valence-electron chi connectivity index (χ3n) is 2.85. The maximum atomic E-state index is 10.1. The molecule has 0 unspecified atom stereocenters. The molecule has 0 spiro atoms. The first-order valence-corrected chi connectivity index (χ1v) is 5.61. The van der Waals surface area contributed by atoms with E-state index in [0.717, 1.165) is 18.7 Å². The first kappa shape index (κ1) is 12.8. The molecule has 90 valence electrons. The van der Waals surface area contributed by atoms with E-state index in [0.29, 0.717) is 12.4 Å². The fraction of sp³-hybridized carbons (Fsp3) is 0.583. The van der Waals surface area contributed by atoms with Gasteiger partial charge in [0.25, 0.3) is 0 Å². The van der Waals surface area contributed by atoms with Crippen LogP contribution in [0.5, 0.6) is 5.88 Å². The Morgan fingerprint density at radius 3 is 2.62 bits per heavy atom. The summed E-state index contributed by atoms with van der Waals surface area (Å²) in [4.78, 5) is 4.22. The number of hydrogen-bond donors (Lipinski definition) is 2. The SMILES string of the molecule is CCC(O)(CC)CNc1cccc(OC)n1. The molecule has 0 fully saturated rings. The van der Waals surface area contributed by atoms with E-state index in [2.05, 4.69) is 10.3 Å². The molecule has 1 heterocycles. The highest BCUT2D eigenvalue weighted by Crippen LogP contribution is 2.16. The number of hydrogen-bond acceptors (Lipinski definition) is 4. The predicted octanol–water partition coefficient (Wildman–Crippen LogP) is 2.05. The summed E-state index contributed by atoms with van der Waals surface area (Å²) in [6.45, 7) is 4.45. The molecule has 1 aromatic rings. The second-order valence-electron chi connectivity index (χ2n) is 3.85. The van der Waals surface area contributed by atoms with E-state index in [-0.39, 0.29) is 0 Å². The largest absolute Gasteiger partial charge is 0.481 e. The minimum absolute atomic E-state index is 0.500. The standard InChI is InChI=1S/C12H20N2O2/c1-4-12(15,5-2)9-13-10-7-6-8-11(14-10)16-3/h6-8,15H,4-5,9H2,1-3H3,(H,13,14). The van der Waals surface area contributed by atoms with E-state index >= 15 is 0 Å². The first-order chi connectivity index (χ1) is 7.63. The highest BCUT2D eigenvalue weighted by molar-refractivity contribution is 5.37. The van der Waals surface area contributed by atoms with E-state index in [4.69, 9.17) is 4.74 Å². The molecule has 1 rings (SSSR count). The predicted molar refractivity (Wildman–Crippen MR) is 64.8 cm³/mol. The van der Waals surface area contributed by atoms with Crippen molar-refractivity contribution in [2.24, 2.45) is 0 Å².